The molecule has 3 aliphatic rings. The van der Waals surface area contributed by atoms with Crippen LogP contribution in [0.25, 0.3) is 6.08 Å². The predicted octanol–water partition coefficient (Wildman–Crippen LogP) is 3.93. The van der Waals surface area contributed by atoms with Crippen molar-refractivity contribution >= 4 is 11.9 Å². The SMILES string of the molecule is COc1cccc(/C=C2/Oc3c(cc4c(c3C)OCN(C3CC3)C4)C2=O)c1. The van der Waals surface area contributed by atoms with Gasteiger partial charge in [0.1, 0.15) is 24.0 Å². The van der Waals surface area contributed by atoms with Crippen LogP contribution in [0.5, 0.6) is 17.2 Å². The quantitative estimate of drug-likeness (QED) is 0.773. The summed E-state index contributed by atoms with van der Waals surface area (Å²) in [4.78, 5) is 15.3. The van der Waals surface area contributed by atoms with Crippen molar-refractivity contribution in [1.29, 1.82) is 0 Å². The minimum absolute atomic E-state index is 0.0812. The molecule has 2 aliphatic heterocycles. The fourth-order valence-corrected chi connectivity index (χ4v) is 3.82. The molecule has 27 heavy (non-hydrogen) atoms. The average molecular weight is 363 g/mol. The van der Waals surface area contributed by atoms with Crippen LogP contribution in [0.3, 0.4) is 0 Å². The summed E-state index contributed by atoms with van der Waals surface area (Å²) in [5, 5.41) is 0. The van der Waals surface area contributed by atoms with Crippen LogP contribution < -0.4 is 14.2 Å². The Balaban J connectivity index is 1.50. The number of nitrogens with zero attached hydrogens (tertiary/aromatic N) is 1. The summed E-state index contributed by atoms with van der Waals surface area (Å²) in [6.45, 7) is 3.40. The van der Waals surface area contributed by atoms with Crippen LogP contribution in [0.2, 0.25) is 0 Å². The highest BCUT2D eigenvalue weighted by Gasteiger charge is 2.36. The zero-order chi connectivity index (χ0) is 18.5. The van der Waals surface area contributed by atoms with Crippen molar-refractivity contribution in [2.75, 3.05) is 13.8 Å². The van der Waals surface area contributed by atoms with Gasteiger partial charge in [-0.1, -0.05) is 12.1 Å². The molecule has 0 amide bonds. The summed E-state index contributed by atoms with van der Waals surface area (Å²) < 4.78 is 17.2. The summed E-state index contributed by atoms with van der Waals surface area (Å²) in [6, 6.07) is 10.1. The number of carbonyl (C=O) groups excluding carboxylic acids is 1. The largest absolute Gasteiger partial charge is 0.497 e. The van der Waals surface area contributed by atoms with E-state index in [9.17, 15) is 4.79 Å². The highest BCUT2D eigenvalue weighted by Crippen LogP contribution is 2.44. The van der Waals surface area contributed by atoms with E-state index in [0.717, 1.165) is 34.7 Å². The molecule has 1 saturated carbocycles. The molecule has 1 aliphatic carbocycles. The summed E-state index contributed by atoms with van der Waals surface area (Å²) in [5.41, 5.74) is 3.47. The lowest BCUT2D eigenvalue weighted by atomic mass is 10.00. The van der Waals surface area contributed by atoms with Gasteiger partial charge in [-0.3, -0.25) is 9.69 Å². The number of benzene rings is 2. The number of Topliss-reactive ketones (excluding diaryl/α,β-unsaturated/α-hetero) is 1. The fourth-order valence-electron chi connectivity index (χ4n) is 3.82. The highest BCUT2D eigenvalue weighted by atomic mass is 16.5. The molecule has 2 aromatic rings. The Labute approximate surface area is 158 Å². The standard InChI is InChI=1S/C22H21NO4/c1-13-21-15(11-23(12-26-21)16-6-7-16)10-18-20(24)19(27-22(13)18)9-14-4-3-5-17(8-14)25-2/h3-5,8-10,16H,6-7,11-12H2,1-2H3/b19-9+. The molecule has 0 saturated heterocycles. The van der Waals surface area contributed by atoms with Gasteiger partial charge in [0.05, 0.1) is 12.7 Å². The third-order valence-corrected chi connectivity index (χ3v) is 5.42. The molecule has 5 heteroatoms. The van der Waals surface area contributed by atoms with Gasteiger partial charge in [-0.2, -0.15) is 0 Å². The van der Waals surface area contributed by atoms with Crippen molar-refractivity contribution in [3.05, 3.63) is 58.3 Å². The molecule has 2 heterocycles. The Morgan fingerprint density at radius 3 is 2.85 bits per heavy atom. The smallest absolute Gasteiger partial charge is 0.231 e. The molecule has 5 rings (SSSR count). The molecule has 0 unspecified atom stereocenters. The highest BCUT2D eigenvalue weighted by molar-refractivity contribution is 6.15. The molecule has 0 atom stereocenters. The summed E-state index contributed by atoms with van der Waals surface area (Å²) in [6.07, 6.45) is 4.23. The van der Waals surface area contributed by atoms with Gasteiger partial charge in [-0.15, -0.1) is 0 Å². The summed E-state index contributed by atoms with van der Waals surface area (Å²) >= 11 is 0. The minimum atomic E-state index is -0.0812. The van der Waals surface area contributed by atoms with E-state index in [1.165, 1.54) is 12.8 Å². The van der Waals surface area contributed by atoms with Crippen molar-refractivity contribution < 1.29 is 19.0 Å². The van der Waals surface area contributed by atoms with Gasteiger partial charge in [-0.25, -0.2) is 0 Å². The van der Waals surface area contributed by atoms with E-state index in [0.29, 0.717) is 29.8 Å². The van der Waals surface area contributed by atoms with Crippen molar-refractivity contribution in [3.63, 3.8) is 0 Å². The van der Waals surface area contributed by atoms with E-state index in [1.807, 2.05) is 37.3 Å². The maximum Gasteiger partial charge on any atom is 0.231 e. The molecule has 0 N–H and O–H groups in total. The number of rotatable bonds is 3. The van der Waals surface area contributed by atoms with Crippen molar-refractivity contribution in [1.82, 2.24) is 4.90 Å². The van der Waals surface area contributed by atoms with Crippen LogP contribution in [0.4, 0.5) is 0 Å². The lowest BCUT2D eigenvalue weighted by Gasteiger charge is -2.30. The predicted molar refractivity (Wildman–Crippen MR) is 101 cm³/mol. The van der Waals surface area contributed by atoms with Crippen LogP contribution in [-0.2, 0) is 6.54 Å². The van der Waals surface area contributed by atoms with Gasteiger partial charge in [0.15, 0.2) is 5.76 Å². The number of carbonyl (C=O) groups is 1. The number of ether oxygens (including phenoxy) is 3. The monoisotopic (exact) mass is 363 g/mol. The molecule has 0 spiro atoms. The number of fused-ring (bicyclic) bond motifs is 2. The van der Waals surface area contributed by atoms with E-state index >= 15 is 0 Å². The molecule has 5 nitrogen and oxygen atoms in total. The lowest BCUT2D eigenvalue weighted by molar-refractivity contribution is 0.0872. The summed E-state index contributed by atoms with van der Waals surface area (Å²) in [7, 11) is 1.62. The van der Waals surface area contributed by atoms with E-state index in [1.54, 1.807) is 13.2 Å². The normalized spacial score (nSPS) is 20.1. The Kier molecular flexibility index (Phi) is 3.72. The summed E-state index contributed by atoms with van der Waals surface area (Å²) in [5.74, 6) is 2.48. The molecule has 0 bridgehead atoms. The van der Waals surface area contributed by atoms with Gasteiger partial charge >= 0.3 is 0 Å². The van der Waals surface area contributed by atoms with Crippen molar-refractivity contribution in [3.8, 4) is 17.2 Å². The van der Waals surface area contributed by atoms with Crippen molar-refractivity contribution in [2.45, 2.75) is 32.4 Å². The first-order chi connectivity index (χ1) is 13.1. The molecule has 1 fully saturated rings. The Bertz CT molecular complexity index is 975. The maximum absolute atomic E-state index is 12.9. The van der Waals surface area contributed by atoms with Gasteiger partial charge in [-0.05, 0) is 49.6 Å². The first kappa shape index (κ1) is 16.4. The second-order valence-electron chi connectivity index (χ2n) is 7.33. The van der Waals surface area contributed by atoms with Gasteiger partial charge in [0.2, 0.25) is 5.78 Å². The van der Waals surface area contributed by atoms with E-state index in [-0.39, 0.29) is 5.78 Å². The molecular formula is C22H21NO4. The average Bonchev–Trinajstić information content (AvgIpc) is 3.49. The van der Waals surface area contributed by atoms with Crippen molar-refractivity contribution in [2.24, 2.45) is 0 Å². The number of allylic oxidation sites excluding steroid dienone is 1. The Hall–Kier alpha value is -2.79. The Morgan fingerprint density at radius 1 is 1.22 bits per heavy atom. The first-order valence-corrected chi connectivity index (χ1v) is 9.25. The fraction of sp³-hybridized carbons (Fsp3) is 0.318. The number of methoxy groups -OCH3 is 1. The molecular weight excluding hydrogens is 342 g/mol. The van der Waals surface area contributed by atoms with Crippen LogP contribution in [0.15, 0.2) is 36.1 Å². The number of ketones is 1. The van der Waals surface area contributed by atoms with Crippen LogP contribution in [0.1, 0.15) is 39.9 Å². The first-order valence-electron chi connectivity index (χ1n) is 9.25. The Morgan fingerprint density at radius 2 is 2.07 bits per heavy atom. The zero-order valence-corrected chi connectivity index (χ0v) is 15.5. The van der Waals surface area contributed by atoms with Crippen LogP contribution in [-0.4, -0.2) is 30.6 Å². The van der Waals surface area contributed by atoms with E-state index < -0.39 is 0 Å². The zero-order valence-electron chi connectivity index (χ0n) is 15.5. The van der Waals surface area contributed by atoms with E-state index in [2.05, 4.69) is 4.90 Å². The number of hydrogen-bond donors (Lipinski definition) is 0. The van der Waals surface area contributed by atoms with Gasteiger partial charge in [0, 0.05) is 23.7 Å². The minimum Gasteiger partial charge on any atom is -0.497 e. The second kappa shape index (κ2) is 6.13. The third kappa shape index (κ3) is 2.79. The van der Waals surface area contributed by atoms with Crippen LogP contribution in [0, 0.1) is 6.92 Å². The maximum atomic E-state index is 12.9. The molecule has 138 valence electrons. The van der Waals surface area contributed by atoms with Crippen LogP contribution >= 0.6 is 0 Å². The molecule has 0 radical (unpaired) electrons. The van der Waals surface area contributed by atoms with E-state index in [4.69, 9.17) is 14.2 Å². The lowest BCUT2D eigenvalue weighted by Crippen LogP contribution is -2.34. The molecule has 0 aromatic heterocycles. The number of hydrogen-bond acceptors (Lipinski definition) is 5. The van der Waals surface area contributed by atoms with Gasteiger partial charge in [0.25, 0.3) is 0 Å². The van der Waals surface area contributed by atoms with Gasteiger partial charge < -0.3 is 14.2 Å². The second-order valence-corrected chi connectivity index (χ2v) is 7.33. The topological polar surface area (TPSA) is 48.0 Å². The molecule has 2 aromatic carbocycles. The third-order valence-electron chi connectivity index (χ3n) is 5.42.